The number of carbonyl (C=O) groups is 1. The lowest BCUT2D eigenvalue weighted by atomic mass is 10.0. The summed E-state index contributed by atoms with van der Waals surface area (Å²) in [5.41, 5.74) is 6.42. The fourth-order valence-electron chi connectivity index (χ4n) is 1.70. The summed E-state index contributed by atoms with van der Waals surface area (Å²) in [4.78, 5) is 12.1. The van der Waals surface area contributed by atoms with Crippen LogP contribution in [0.2, 0.25) is 0 Å². The van der Waals surface area contributed by atoms with Gasteiger partial charge in [0.15, 0.2) is 5.78 Å². The predicted molar refractivity (Wildman–Crippen MR) is 72.9 cm³/mol. The van der Waals surface area contributed by atoms with Crippen LogP contribution in [0.15, 0.2) is 40.9 Å². The second-order valence-electron chi connectivity index (χ2n) is 4.07. The minimum Gasteiger partial charge on any atom is -0.399 e. The van der Waals surface area contributed by atoms with Gasteiger partial charge < -0.3 is 5.73 Å². The van der Waals surface area contributed by atoms with Gasteiger partial charge in [0.1, 0.15) is 11.6 Å². The standard InChI is InChI=1S/C14H10BrF2NO/c15-12-3-2-10(18)7-11(12)14(19)6-8-5-9(16)1-4-13(8)17/h1-5,7H,6,18H2. The van der Waals surface area contributed by atoms with E-state index in [1.807, 2.05) is 0 Å². The molecule has 0 spiro atoms. The van der Waals surface area contributed by atoms with Gasteiger partial charge in [0.25, 0.3) is 0 Å². The number of rotatable bonds is 3. The van der Waals surface area contributed by atoms with Crippen LogP contribution < -0.4 is 5.73 Å². The molecule has 0 aromatic heterocycles. The number of hydrogen-bond donors (Lipinski definition) is 1. The highest BCUT2D eigenvalue weighted by atomic mass is 79.9. The molecule has 98 valence electrons. The van der Waals surface area contributed by atoms with Gasteiger partial charge in [-0.2, -0.15) is 0 Å². The van der Waals surface area contributed by atoms with Gasteiger partial charge in [0, 0.05) is 22.1 Å². The van der Waals surface area contributed by atoms with Crippen molar-refractivity contribution in [2.24, 2.45) is 0 Å². The average Bonchev–Trinajstić information content (AvgIpc) is 2.36. The molecule has 0 fully saturated rings. The number of halogens is 3. The summed E-state index contributed by atoms with van der Waals surface area (Å²) in [6, 6.07) is 7.83. The first-order valence-corrected chi connectivity index (χ1v) is 6.29. The first-order chi connectivity index (χ1) is 8.97. The molecule has 0 aliphatic heterocycles. The Balaban J connectivity index is 2.30. The smallest absolute Gasteiger partial charge is 0.168 e. The quantitative estimate of drug-likeness (QED) is 0.690. The second kappa shape index (κ2) is 5.48. The Morgan fingerprint density at radius 1 is 1.16 bits per heavy atom. The van der Waals surface area contributed by atoms with Gasteiger partial charge >= 0.3 is 0 Å². The number of nitrogens with two attached hydrogens (primary N) is 1. The molecule has 0 aliphatic rings. The molecule has 2 aromatic carbocycles. The Bertz CT molecular complexity index is 643. The molecule has 0 atom stereocenters. The van der Waals surface area contributed by atoms with Crippen molar-refractivity contribution in [2.45, 2.75) is 6.42 Å². The van der Waals surface area contributed by atoms with Crippen molar-refractivity contribution in [3.05, 3.63) is 63.6 Å². The van der Waals surface area contributed by atoms with Crippen LogP contribution in [0.5, 0.6) is 0 Å². The molecule has 0 amide bonds. The lowest BCUT2D eigenvalue weighted by Gasteiger charge is -2.06. The van der Waals surface area contributed by atoms with Crippen molar-refractivity contribution < 1.29 is 13.6 Å². The van der Waals surface area contributed by atoms with Crippen LogP contribution in [-0.2, 0) is 6.42 Å². The highest BCUT2D eigenvalue weighted by Gasteiger charge is 2.14. The van der Waals surface area contributed by atoms with Crippen molar-refractivity contribution in [1.29, 1.82) is 0 Å². The normalized spacial score (nSPS) is 10.5. The number of ketones is 1. The van der Waals surface area contributed by atoms with E-state index in [1.54, 1.807) is 12.1 Å². The molecule has 2 nitrogen and oxygen atoms in total. The minimum atomic E-state index is -0.602. The highest BCUT2D eigenvalue weighted by Crippen LogP contribution is 2.22. The molecule has 0 saturated heterocycles. The maximum Gasteiger partial charge on any atom is 0.168 e. The summed E-state index contributed by atoms with van der Waals surface area (Å²) < 4.78 is 27.1. The van der Waals surface area contributed by atoms with Gasteiger partial charge in [-0.3, -0.25) is 4.79 Å². The van der Waals surface area contributed by atoms with Crippen LogP contribution in [0, 0.1) is 11.6 Å². The molecular weight excluding hydrogens is 316 g/mol. The zero-order valence-corrected chi connectivity index (χ0v) is 11.4. The van der Waals surface area contributed by atoms with E-state index in [4.69, 9.17) is 5.73 Å². The van der Waals surface area contributed by atoms with Crippen LogP contribution in [0.1, 0.15) is 15.9 Å². The third-order valence-electron chi connectivity index (χ3n) is 2.65. The van der Waals surface area contributed by atoms with Gasteiger partial charge in [0.2, 0.25) is 0 Å². The number of carbonyl (C=O) groups excluding carboxylic acids is 1. The lowest BCUT2D eigenvalue weighted by Crippen LogP contribution is -2.07. The third kappa shape index (κ3) is 3.17. The monoisotopic (exact) mass is 325 g/mol. The van der Waals surface area contributed by atoms with Gasteiger partial charge in [-0.25, -0.2) is 8.78 Å². The van der Waals surface area contributed by atoms with E-state index in [1.165, 1.54) is 6.07 Å². The molecule has 5 heteroatoms. The van der Waals surface area contributed by atoms with Gasteiger partial charge in [-0.05, 0) is 42.0 Å². The van der Waals surface area contributed by atoms with E-state index in [2.05, 4.69) is 15.9 Å². The average molecular weight is 326 g/mol. The molecule has 19 heavy (non-hydrogen) atoms. The van der Waals surface area contributed by atoms with E-state index < -0.39 is 11.6 Å². The van der Waals surface area contributed by atoms with Crippen LogP contribution in [0.3, 0.4) is 0 Å². The third-order valence-corrected chi connectivity index (χ3v) is 3.34. The molecule has 2 N–H and O–H groups in total. The molecular formula is C14H10BrF2NO. The summed E-state index contributed by atoms with van der Waals surface area (Å²) in [6.45, 7) is 0. The SMILES string of the molecule is Nc1ccc(Br)c(C(=O)Cc2cc(F)ccc2F)c1. The second-order valence-corrected chi connectivity index (χ2v) is 4.93. The molecule has 2 aromatic rings. The van der Waals surface area contributed by atoms with Crippen LogP contribution in [0.25, 0.3) is 0 Å². The Morgan fingerprint density at radius 2 is 1.89 bits per heavy atom. The van der Waals surface area contributed by atoms with Crippen LogP contribution >= 0.6 is 15.9 Å². The molecule has 0 heterocycles. The van der Waals surface area contributed by atoms with Gasteiger partial charge in [-0.15, -0.1) is 0 Å². The van der Waals surface area contributed by atoms with Gasteiger partial charge in [-0.1, -0.05) is 15.9 Å². The summed E-state index contributed by atoms with van der Waals surface area (Å²) in [5, 5.41) is 0. The zero-order chi connectivity index (χ0) is 14.0. The Morgan fingerprint density at radius 3 is 2.63 bits per heavy atom. The fraction of sp³-hybridized carbons (Fsp3) is 0.0714. The largest absolute Gasteiger partial charge is 0.399 e. The number of benzene rings is 2. The molecule has 0 unspecified atom stereocenters. The molecule has 0 bridgehead atoms. The molecule has 0 radical (unpaired) electrons. The van der Waals surface area contributed by atoms with E-state index in [0.717, 1.165) is 18.2 Å². The maximum atomic E-state index is 13.5. The van der Waals surface area contributed by atoms with E-state index in [-0.39, 0.29) is 17.8 Å². The van der Waals surface area contributed by atoms with E-state index >= 15 is 0 Å². The Kier molecular flexibility index (Phi) is 3.95. The van der Waals surface area contributed by atoms with Crippen molar-refractivity contribution in [2.75, 3.05) is 5.73 Å². The van der Waals surface area contributed by atoms with Crippen molar-refractivity contribution in [1.82, 2.24) is 0 Å². The Hall–Kier alpha value is -1.75. The highest BCUT2D eigenvalue weighted by molar-refractivity contribution is 9.10. The van der Waals surface area contributed by atoms with E-state index in [0.29, 0.717) is 15.7 Å². The van der Waals surface area contributed by atoms with Gasteiger partial charge in [0.05, 0.1) is 0 Å². The van der Waals surface area contributed by atoms with Crippen LogP contribution in [-0.4, -0.2) is 5.78 Å². The summed E-state index contributed by atoms with van der Waals surface area (Å²) in [5.74, 6) is -1.51. The lowest BCUT2D eigenvalue weighted by molar-refractivity contribution is 0.0991. The molecule has 2 rings (SSSR count). The topological polar surface area (TPSA) is 43.1 Å². The first-order valence-electron chi connectivity index (χ1n) is 5.49. The maximum absolute atomic E-state index is 13.5. The summed E-state index contributed by atoms with van der Waals surface area (Å²) in [7, 11) is 0. The van der Waals surface area contributed by atoms with Crippen molar-refractivity contribution >= 4 is 27.4 Å². The minimum absolute atomic E-state index is 0.0272. The van der Waals surface area contributed by atoms with E-state index in [9.17, 15) is 13.6 Å². The predicted octanol–water partition coefficient (Wildman–Crippen LogP) is 3.73. The van der Waals surface area contributed by atoms with Crippen molar-refractivity contribution in [3.63, 3.8) is 0 Å². The fourth-order valence-corrected chi connectivity index (χ4v) is 2.17. The zero-order valence-electron chi connectivity index (χ0n) is 9.79. The number of Topliss-reactive ketones (excluding diaryl/α,β-unsaturated/α-hetero) is 1. The molecule has 0 aliphatic carbocycles. The van der Waals surface area contributed by atoms with Crippen molar-refractivity contribution in [3.8, 4) is 0 Å². The Labute approximate surface area is 117 Å². The van der Waals surface area contributed by atoms with Crippen LogP contribution in [0.4, 0.5) is 14.5 Å². The number of anilines is 1. The number of nitrogen functional groups attached to an aromatic ring is 1. The first kappa shape index (κ1) is 13.7. The number of hydrogen-bond acceptors (Lipinski definition) is 2. The summed E-state index contributed by atoms with van der Waals surface area (Å²) >= 11 is 3.23. The molecule has 0 saturated carbocycles. The summed E-state index contributed by atoms with van der Waals surface area (Å²) in [6.07, 6.45) is -0.217.